The van der Waals surface area contributed by atoms with Crippen LogP contribution in [0.25, 0.3) is 0 Å². The molecule has 0 aromatic heterocycles. The smallest absolute Gasteiger partial charge is 0.174 e. The Morgan fingerprint density at radius 3 is 1.91 bits per heavy atom. The lowest BCUT2D eigenvalue weighted by Crippen LogP contribution is -2.53. The quantitative estimate of drug-likeness (QED) is 0.524. The molecule has 0 aromatic carbocycles. The molecule has 0 radical (unpaired) electrons. The number of methoxy groups -OCH3 is 2. The van der Waals surface area contributed by atoms with Crippen molar-refractivity contribution in [2.75, 3.05) is 14.2 Å². The van der Waals surface area contributed by atoms with E-state index in [4.69, 9.17) is 9.47 Å². The highest BCUT2D eigenvalue weighted by molar-refractivity contribution is 9.09. The Balaban J connectivity index is 2.15. The van der Waals surface area contributed by atoms with Gasteiger partial charge in [0.25, 0.3) is 0 Å². The van der Waals surface area contributed by atoms with Crippen molar-refractivity contribution in [1.82, 2.24) is 0 Å². The van der Waals surface area contributed by atoms with Crippen LogP contribution in [0, 0.1) is 5.41 Å². The average molecular weight is 221 g/mol. The molecule has 0 aromatic rings. The molecule has 0 amide bonds. The first-order valence-corrected chi connectivity index (χ1v) is 4.87. The number of ether oxygens (including phenoxy) is 2. The molecule has 0 heterocycles. The maximum Gasteiger partial charge on any atom is 0.174 e. The first kappa shape index (κ1) is 8.02. The van der Waals surface area contributed by atoms with Gasteiger partial charge >= 0.3 is 0 Å². The standard InChI is InChI=1S/C8H13BrO2/c1-10-8(11-2)4-3-7(8)5-6(7)9/h6H,3-5H2,1-2H3. The third-order valence-electron chi connectivity index (χ3n) is 3.30. The summed E-state index contributed by atoms with van der Waals surface area (Å²) in [5.74, 6) is -0.263. The second-order valence-electron chi connectivity index (χ2n) is 3.49. The minimum Gasteiger partial charge on any atom is -0.353 e. The maximum absolute atomic E-state index is 5.42. The number of halogens is 1. The van der Waals surface area contributed by atoms with Gasteiger partial charge in [0, 0.05) is 30.9 Å². The largest absolute Gasteiger partial charge is 0.353 e. The van der Waals surface area contributed by atoms with Crippen LogP contribution in [-0.4, -0.2) is 24.8 Å². The van der Waals surface area contributed by atoms with Crippen LogP contribution in [0.5, 0.6) is 0 Å². The van der Waals surface area contributed by atoms with Gasteiger partial charge in [0.05, 0.1) is 0 Å². The summed E-state index contributed by atoms with van der Waals surface area (Å²) in [6.07, 6.45) is 3.49. The van der Waals surface area contributed by atoms with Gasteiger partial charge in [-0.25, -0.2) is 0 Å². The van der Waals surface area contributed by atoms with Gasteiger partial charge in [-0.15, -0.1) is 0 Å². The molecule has 0 bridgehead atoms. The molecular weight excluding hydrogens is 208 g/mol. The van der Waals surface area contributed by atoms with Crippen molar-refractivity contribution in [2.45, 2.75) is 29.9 Å². The summed E-state index contributed by atoms with van der Waals surface area (Å²) in [6, 6.07) is 0. The molecule has 0 N–H and O–H groups in total. The topological polar surface area (TPSA) is 18.5 Å². The van der Waals surface area contributed by atoms with Crippen molar-refractivity contribution >= 4 is 15.9 Å². The first-order valence-electron chi connectivity index (χ1n) is 3.95. The normalized spacial score (nSPS) is 45.5. The Morgan fingerprint density at radius 1 is 1.27 bits per heavy atom. The van der Waals surface area contributed by atoms with E-state index in [-0.39, 0.29) is 5.79 Å². The van der Waals surface area contributed by atoms with Crippen molar-refractivity contribution in [1.29, 1.82) is 0 Å². The third-order valence-corrected chi connectivity index (χ3v) is 4.50. The highest BCUT2D eigenvalue weighted by atomic mass is 79.9. The molecule has 2 aliphatic rings. The van der Waals surface area contributed by atoms with Gasteiger partial charge in [0.15, 0.2) is 5.79 Å². The lowest BCUT2D eigenvalue weighted by Gasteiger charge is -2.48. The predicted octanol–water partition coefficient (Wildman–Crippen LogP) is 1.92. The minimum absolute atomic E-state index is 0.263. The second-order valence-corrected chi connectivity index (χ2v) is 4.59. The van der Waals surface area contributed by atoms with Gasteiger partial charge in [-0.2, -0.15) is 0 Å². The van der Waals surface area contributed by atoms with Crippen molar-refractivity contribution in [3.05, 3.63) is 0 Å². The summed E-state index contributed by atoms with van der Waals surface area (Å²) in [5, 5.41) is 0. The van der Waals surface area contributed by atoms with Crippen molar-refractivity contribution in [2.24, 2.45) is 5.41 Å². The molecule has 2 unspecified atom stereocenters. The van der Waals surface area contributed by atoms with Crippen LogP contribution in [0.1, 0.15) is 19.3 Å². The molecule has 2 aliphatic carbocycles. The summed E-state index contributed by atoms with van der Waals surface area (Å²) in [7, 11) is 3.48. The fraction of sp³-hybridized carbons (Fsp3) is 1.00. The van der Waals surface area contributed by atoms with Crippen LogP contribution in [0.2, 0.25) is 0 Å². The molecule has 64 valence electrons. The van der Waals surface area contributed by atoms with Crippen LogP contribution in [0.15, 0.2) is 0 Å². The van der Waals surface area contributed by atoms with Gasteiger partial charge < -0.3 is 9.47 Å². The minimum atomic E-state index is -0.263. The van der Waals surface area contributed by atoms with E-state index in [0.717, 1.165) is 6.42 Å². The Hall–Kier alpha value is 0.400. The van der Waals surface area contributed by atoms with Gasteiger partial charge in [0.1, 0.15) is 0 Å². The summed E-state index contributed by atoms with van der Waals surface area (Å²) < 4.78 is 10.8. The summed E-state index contributed by atoms with van der Waals surface area (Å²) in [5.41, 5.74) is 0.316. The Kier molecular flexibility index (Phi) is 1.61. The third kappa shape index (κ3) is 0.744. The second kappa shape index (κ2) is 2.21. The maximum atomic E-state index is 5.42. The van der Waals surface area contributed by atoms with E-state index >= 15 is 0 Å². The Morgan fingerprint density at radius 2 is 1.82 bits per heavy atom. The van der Waals surface area contributed by atoms with Crippen molar-refractivity contribution < 1.29 is 9.47 Å². The number of hydrogen-bond donors (Lipinski definition) is 0. The van der Waals surface area contributed by atoms with Crippen LogP contribution >= 0.6 is 15.9 Å². The molecule has 1 spiro atoms. The van der Waals surface area contributed by atoms with E-state index in [1.54, 1.807) is 14.2 Å². The Labute approximate surface area is 75.4 Å². The highest BCUT2D eigenvalue weighted by Gasteiger charge is 2.73. The average Bonchev–Trinajstić information content (AvgIpc) is 2.66. The van der Waals surface area contributed by atoms with E-state index < -0.39 is 0 Å². The fourth-order valence-corrected chi connectivity index (χ4v) is 3.41. The summed E-state index contributed by atoms with van der Waals surface area (Å²) >= 11 is 3.61. The zero-order valence-corrected chi connectivity index (χ0v) is 8.48. The molecule has 3 heteroatoms. The number of rotatable bonds is 2. The molecule has 0 saturated heterocycles. The van der Waals surface area contributed by atoms with E-state index in [0.29, 0.717) is 10.2 Å². The molecule has 2 nitrogen and oxygen atoms in total. The zero-order chi connectivity index (χ0) is 8.11. The first-order chi connectivity index (χ1) is 5.21. The van der Waals surface area contributed by atoms with Gasteiger partial charge in [-0.05, 0) is 12.8 Å². The van der Waals surface area contributed by atoms with E-state index in [9.17, 15) is 0 Å². The molecule has 2 fully saturated rings. The molecule has 11 heavy (non-hydrogen) atoms. The molecule has 2 atom stereocenters. The number of hydrogen-bond acceptors (Lipinski definition) is 2. The SMILES string of the molecule is COC1(OC)CCC12CC2Br. The molecule has 2 saturated carbocycles. The highest BCUT2D eigenvalue weighted by Crippen LogP contribution is 2.70. The van der Waals surface area contributed by atoms with E-state index in [1.165, 1.54) is 12.8 Å². The van der Waals surface area contributed by atoms with E-state index in [1.807, 2.05) is 0 Å². The molecule has 0 aliphatic heterocycles. The van der Waals surface area contributed by atoms with Gasteiger partial charge in [-0.1, -0.05) is 15.9 Å². The van der Waals surface area contributed by atoms with Crippen LogP contribution < -0.4 is 0 Å². The fourth-order valence-electron chi connectivity index (χ4n) is 2.26. The monoisotopic (exact) mass is 220 g/mol. The van der Waals surface area contributed by atoms with Crippen molar-refractivity contribution in [3.8, 4) is 0 Å². The lowest BCUT2D eigenvalue weighted by atomic mass is 9.74. The lowest BCUT2D eigenvalue weighted by molar-refractivity contribution is -0.298. The molecule has 2 rings (SSSR count). The summed E-state index contributed by atoms with van der Waals surface area (Å²) in [4.78, 5) is 0.614. The van der Waals surface area contributed by atoms with Crippen LogP contribution in [0.4, 0.5) is 0 Å². The zero-order valence-electron chi connectivity index (χ0n) is 6.89. The summed E-state index contributed by atoms with van der Waals surface area (Å²) in [6.45, 7) is 0. The van der Waals surface area contributed by atoms with E-state index in [2.05, 4.69) is 15.9 Å². The number of alkyl halides is 1. The predicted molar refractivity (Wildman–Crippen MR) is 45.7 cm³/mol. The molecular formula is C8H13BrO2. The van der Waals surface area contributed by atoms with Gasteiger partial charge in [0.2, 0.25) is 0 Å². The van der Waals surface area contributed by atoms with Crippen molar-refractivity contribution in [3.63, 3.8) is 0 Å². The Bertz CT molecular complexity index is 169. The van der Waals surface area contributed by atoms with Crippen LogP contribution in [0.3, 0.4) is 0 Å². The van der Waals surface area contributed by atoms with Crippen LogP contribution in [-0.2, 0) is 9.47 Å². The van der Waals surface area contributed by atoms with Gasteiger partial charge in [-0.3, -0.25) is 0 Å².